The molecule has 0 aliphatic heterocycles. The maximum absolute atomic E-state index is 13.0. The summed E-state index contributed by atoms with van der Waals surface area (Å²) in [6, 6.07) is 12.7. The number of carbonyl (C=O) groups excluding carboxylic acids is 2. The first-order valence-corrected chi connectivity index (χ1v) is 14.1. The molecule has 3 rings (SSSR count). The number of carbonyl (C=O) groups is 2. The lowest BCUT2D eigenvalue weighted by Crippen LogP contribution is -2.31. The molecule has 0 spiro atoms. The third-order valence-corrected chi connectivity index (χ3v) is 7.09. The van der Waals surface area contributed by atoms with Gasteiger partial charge < -0.3 is 19.9 Å². The van der Waals surface area contributed by atoms with Crippen molar-refractivity contribution in [3.63, 3.8) is 0 Å². The van der Waals surface area contributed by atoms with Gasteiger partial charge in [0.2, 0.25) is 5.91 Å². The fourth-order valence-corrected chi connectivity index (χ4v) is 5.10. The summed E-state index contributed by atoms with van der Waals surface area (Å²) in [7, 11) is 1.59. The normalized spacial score (nSPS) is 11.7. The van der Waals surface area contributed by atoms with E-state index in [1.165, 1.54) is 11.8 Å². The topological polar surface area (TPSA) is 98.1 Å². The number of hydrogen-bond donors (Lipinski definition) is 2. The van der Waals surface area contributed by atoms with Gasteiger partial charge in [-0.2, -0.15) is 11.8 Å². The lowest BCUT2D eigenvalue weighted by molar-refractivity contribution is -0.113. The van der Waals surface area contributed by atoms with Crippen molar-refractivity contribution in [3.8, 4) is 5.75 Å². The maximum atomic E-state index is 13.0. The van der Waals surface area contributed by atoms with Gasteiger partial charge in [0.15, 0.2) is 11.0 Å². The van der Waals surface area contributed by atoms with Crippen LogP contribution in [0.3, 0.4) is 0 Å². The van der Waals surface area contributed by atoms with Crippen molar-refractivity contribution in [1.29, 1.82) is 0 Å². The summed E-state index contributed by atoms with van der Waals surface area (Å²) in [4.78, 5) is 25.5. The summed E-state index contributed by atoms with van der Waals surface area (Å²) < 4.78 is 7.15. The highest BCUT2D eigenvalue weighted by molar-refractivity contribution is 7.99. The Morgan fingerprint density at radius 1 is 1.08 bits per heavy atom. The summed E-state index contributed by atoms with van der Waals surface area (Å²) >= 11 is 3.04. The number of nitrogens with one attached hydrogen (secondary N) is 2. The van der Waals surface area contributed by atoms with Crippen molar-refractivity contribution in [2.75, 3.05) is 30.2 Å². The summed E-state index contributed by atoms with van der Waals surface area (Å²) in [5, 5.41) is 15.5. The van der Waals surface area contributed by atoms with Crippen LogP contribution >= 0.6 is 23.5 Å². The zero-order valence-electron chi connectivity index (χ0n) is 21.3. The molecule has 0 unspecified atom stereocenters. The van der Waals surface area contributed by atoms with Crippen LogP contribution in [0, 0.1) is 13.8 Å². The van der Waals surface area contributed by atoms with E-state index in [-0.39, 0.29) is 23.6 Å². The Morgan fingerprint density at radius 3 is 2.39 bits per heavy atom. The quantitative estimate of drug-likeness (QED) is 0.324. The molecule has 192 valence electrons. The van der Waals surface area contributed by atoms with Gasteiger partial charge in [-0.05, 0) is 86.7 Å². The SMILES string of the molecule is CCn1c(SCC(=O)Nc2cc(C)cc(C)c2)nnc1[C@H](CCSC)NC(=O)c1ccc(OC)cc1. The molecule has 0 bridgehead atoms. The molecule has 0 radical (unpaired) electrons. The number of rotatable bonds is 12. The molecule has 2 N–H and O–H groups in total. The Hall–Kier alpha value is -2.98. The molecule has 0 saturated carbocycles. The van der Waals surface area contributed by atoms with Crippen LogP contribution in [-0.2, 0) is 11.3 Å². The van der Waals surface area contributed by atoms with Gasteiger partial charge >= 0.3 is 0 Å². The molecular weight excluding hydrogens is 494 g/mol. The number of ether oxygens (including phenoxy) is 1. The van der Waals surface area contributed by atoms with E-state index in [1.807, 2.05) is 43.7 Å². The molecule has 8 nitrogen and oxygen atoms in total. The van der Waals surface area contributed by atoms with Gasteiger partial charge in [0.25, 0.3) is 5.91 Å². The lowest BCUT2D eigenvalue weighted by Gasteiger charge is -2.19. The fraction of sp³-hybridized carbons (Fsp3) is 0.385. The number of aromatic nitrogens is 3. The summed E-state index contributed by atoms with van der Waals surface area (Å²) in [5.74, 6) is 2.15. The van der Waals surface area contributed by atoms with Crippen LogP contribution in [0.1, 0.15) is 46.7 Å². The lowest BCUT2D eigenvalue weighted by atomic mass is 10.1. The highest BCUT2D eigenvalue weighted by atomic mass is 32.2. The molecule has 0 aliphatic rings. The smallest absolute Gasteiger partial charge is 0.251 e. The number of methoxy groups -OCH3 is 1. The minimum Gasteiger partial charge on any atom is -0.497 e. The van der Waals surface area contributed by atoms with E-state index in [2.05, 4.69) is 26.9 Å². The molecule has 0 saturated heterocycles. The fourth-order valence-electron chi connectivity index (χ4n) is 3.82. The van der Waals surface area contributed by atoms with Crippen LogP contribution in [0.2, 0.25) is 0 Å². The largest absolute Gasteiger partial charge is 0.497 e. The molecule has 0 aliphatic carbocycles. The molecule has 2 aromatic carbocycles. The van der Waals surface area contributed by atoms with Gasteiger partial charge in [0.05, 0.1) is 18.9 Å². The van der Waals surface area contributed by atoms with Gasteiger partial charge in [-0.15, -0.1) is 10.2 Å². The first-order valence-electron chi connectivity index (χ1n) is 11.7. The molecular formula is C26H33N5O3S2. The van der Waals surface area contributed by atoms with E-state index in [9.17, 15) is 9.59 Å². The molecule has 1 heterocycles. The van der Waals surface area contributed by atoms with E-state index < -0.39 is 0 Å². The Labute approximate surface area is 221 Å². The summed E-state index contributed by atoms with van der Waals surface area (Å²) in [6.07, 6.45) is 2.74. The van der Waals surface area contributed by atoms with E-state index in [4.69, 9.17) is 4.74 Å². The van der Waals surface area contributed by atoms with E-state index in [1.54, 1.807) is 43.1 Å². The number of anilines is 1. The molecule has 36 heavy (non-hydrogen) atoms. The second kappa shape index (κ2) is 13.4. The average molecular weight is 528 g/mol. The number of hydrogen-bond acceptors (Lipinski definition) is 7. The van der Waals surface area contributed by atoms with Crippen molar-refractivity contribution in [3.05, 3.63) is 65.0 Å². The van der Waals surface area contributed by atoms with Crippen LogP contribution in [0.4, 0.5) is 5.69 Å². The van der Waals surface area contributed by atoms with Crippen LogP contribution < -0.4 is 15.4 Å². The molecule has 2 amide bonds. The predicted octanol–water partition coefficient (Wildman–Crippen LogP) is 4.88. The van der Waals surface area contributed by atoms with Gasteiger partial charge in [0, 0.05) is 17.8 Å². The highest BCUT2D eigenvalue weighted by Gasteiger charge is 2.23. The second-order valence-corrected chi connectivity index (χ2v) is 10.3. The third kappa shape index (κ3) is 7.51. The summed E-state index contributed by atoms with van der Waals surface area (Å²) in [6.45, 7) is 6.63. The zero-order chi connectivity index (χ0) is 26.1. The van der Waals surface area contributed by atoms with Crippen LogP contribution in [0.15, 0.2) is 47.6 Å². The van der Waals surface area contributed by atoms with Gasteiger partial charge in [-0.1, -0.05) is 17.8 Å². The predicted molar refractivity (Wildman–Crippen MR) is 147 cm³/mol. The van der Waals surface area contributed by atoms with Crippen molar-refractivity contribution in [2.24, 2.45) is 0 Å². The van der Waals surface area contributed by atoms with E-state index in [0.717, 1.165) is 22.6 Å². The van der Waals surface area contributed by atoms with Crippen molar-refractivity contribution in [1.82, 2.24) is 20.1 Å². The zero-order valence-corrected chi connectivity index (χ0v) is 23.0. The van der Waals surface area contributed by atoms with Crippen molar-refractivity contribution < 1.29 is 14.3 Å². The van der Waals surface area contributed by atoms with Crippen LogP contribution in [-0.4, -0.2) is 51.5 Å². The van der Waals surface area contributed by atoms with Gasteiger partial charge in [0.1, 0.15) is 5.75 Å². The Morgan fingerprint density at radius 2 is 1.78 bits per heavy atom. The van der Waals surface area contributed by atoms with Crippen molar-refractivity contribution >= 4 is 41.0 Å². The molecule has 3 aromatic rings. The number of benzene rings is 2. The standard InChI is InChI=1S/C26H33N5O3S2/c1-6-31-24(22(11-12-35-5)28-25(33)19-7-9-21(34-4)10-8-19)29-30-26(31)36-16-23(32)27-20-14-17(2)13-18(3)15-20/h7-10,13-15,22H,6,11-12,16H2,1-5H3,(H,27,32)(H,28,33)/t22-/m0/s1. The third-order valence-electron chi connectivity index (χ3n) is 5.48. The molecule has 1 aromatic heterocycles. The van der Waals surface area contributed by atoms with Crippen LogP contribution in [0.5, 0.6) is 5.75 Å². The van der Waals surface area contributed by atoms with E-state index >= 15 is 0 Å². The van der Waals surface area contributed by atoms with Gasteiger partial charge in [-0.3, -0.25) is 9.59 Å². The Bertz CT molecular complexity index is 1160. The van der Waals surface area contributed by atoms with Crippen LogP contribution in [0.25, 0.3) is 0 Å². The maximum Gasteiger partial charge on any atom is 0.251 e. The Balaban J connectivity index is 1.71. The molecule has 0 fully saturated rings. The molecule has 1 atom stereocenters. The first-order chi connectivity index (χ1) is 17.3. The first kappa shape index (κ1) is 27.6. The number of nitrogens with zero attached hydrogens (tertiary/aromatic N) is 3. The minimum atomic E-state index is -0.307. The monoisotopic (exact) mass is 527 g/mol. The summed E-state index contributed by atoms with van der Waals surface area (Å²) in [5.41, 5.74) is 3.53. The highest BCUT2D eigenvalue weighted by Crippen LogP contribution is 2.24. The second-order valence-electron chi connectivity index (χ2n) is 8.33. The van der Waals surface area contributed by atoms with Gasteiger partial charge in [-0.25, -0.2) is 0 Å². The minimum absolute atomic E-state index is 0.107. The number of amides is 2. The molecule has 10 heteroatoms. The Kier molecular flexibility index (Phi) is 10.2. The number of aryl methyl sites for hydroxylation is 2. The van der Waals surface area contributed by atoms with E-state index in [0.29, 0.717) is 35.3 Å². The number of thioether (sulfide) groups is 2. The average Bonchev–Trinajstić information content (AvgIpc) is 3.27. The van der Waals surface area contributed by atoms with Crippen molar-refractivity contribution in [2.45, 2.75) is 44.9 Å².